The van der Waals surface area contributed by atoms with Crippen LogP contribution in [-0.2, 0) is 11.3 Å². The SMILES string of the molecule is CCN(Cc1ccc(Cl)s1)C(=O)C[C@@H]1CCC[C@H]1N. The minimum Gasteiger partial charge on any atom is -0.338 e. The fourth-order valence-electron chi connectivity index (χ4n) is 2.67. The third-order valence-electron chi connectivity index (χ3n) is 3.86. The summed E-state index contributed by atoms with van der Waals surface area (Å²) in [6.07, 6.45) is 3.90. The second kappa shape index (κ2) is 6.73. The van der Waals surface area contributed by atoms with Crippen molar-refractivity contribution >= 4 is 28.8 Å². The monoisotopic (exact) mass is 300 g/mol. The molecule has 0 spiro atoms. The first-order valence-corrected chi connectivity index (χ1v) is 8.07. The van der Waals surface area contributed by atoms with E-state index >= 15 is 0 Å². The number of hydrogen-bond acceptors (Lipinski definition) is 3. The maximum Gasteiger partial charge on any atom is 0.223 e. The lowest BCUT2D eigenvalue weighted by molar-refractivity contribution is -0.132. The molecule has 0 aromatic carbocycles. The van der Waals surface area contributed by atoms with Gasteiger partial charge in [0.05, 0.1) is 10.9 Å². The highest BCUT2D eigenvalue weighted by Gasteiger charge is 2.27. The standard InChI is InChI=1S/C14H21ClN2OS/c1-2-17(9-11-6-7-13(15)19-11)14(18)8-10-4-3-5-12(10)16/h6-7,10,12H,2-5,8-9,16H2,1H3/t10-,12+/m0/s1. The normalized spacial score (nSPS) is 22.7. The van der Waals surface area contributed by atoms with E-state index in [2.05, 4.69) is 0 Å². The zero-order valence-electron chi connectivity index (χ0n) is 11.3. The van der Waals surface area contributed by atoms with Crippen LogP contribution in [0.5, 0.6) is 0 Å². The van der Waals surface area contributed by atoms with Gasteiger partial charge in [-0.25, -0.2) is 0 Å². The van der Waals surface area contributed by atoms with Gasteiger partial charge in [-0.1, -0.05) is 18.0 Å². The van der Waals surface area contributed by atoms with E-state index in [-0.39, 0.29) is 11.9 Å². The summed E-state index contributed by atoms with van der Waals surface area (Å²) in [5.74, 6) is 0.586. The molecule has 5 heteroatoms. The van der Waals surface area contributed by atoms with Gasteiger partial charge in [-0.3, -0.25) is 4.79 Å². The van der Waals surface area contributed by atoms with E-state index in [0.29, 0.717) is 18.9 Å². The van der Waals surface area contributed by atoms with Crippen molar-refractivity contribution in [2.45, 2.75) is 45.2 Å². The van der Waals surface area contributed by atoms with Crippen LogP contribution in [0.15, 0.2) is 12.1 Å². The van der Waals surface area contributed by atoms with Gasteiger partial charge in [0.25, 0.3) is 0 Å². The fraction of sp³-hybridized carbons (Fsp3) is 0.643. The van der Waals surface area contributed by atoms with Crippen molar-refractivity contribution in [1.82, 2.24) is 4.90 Å². The number of thiophene rings is 1. The van der Waals surface area contributed by atoms with E-state index in [1.807, 2.05) is 24.0 Å². The minimum absolute atomic E-state index is 0.207. The van der Waals surface area contributed by atoms with E-state index in [1.54, 1.807) is 0 Å². The predicted octanol–water partition coefficient (Wildman–Crippen LogP) is 3.27. The molecule has 1 heterocycles. The maximum atomic E-state index is 12.3. The Balaban J connectivity index is 1.91. The molecule has 2 rings (SSSR count). The highest BCUT2D eigenvalue weighted by molar-refractivity contribution is 7.16. The van der Waals surface area contributed by atoms with Crippen molar-refractivity contribution in [3.8, 4) is 0 Å². The highest BCUT2D eigenvalue weighted by Crippen LogP contribution is 2.28. The molecule has 1 aromatic heterocycles. The first-order valence-electron chi connectivity index (χ1n) is 6.87. The molecule has 0 unspecified atom stereocenters. The molecule has 1 aliphatic rings. The topological polar surface area (TPSA) is 46.3 Å². The van der Waals surface area contributed by atoms with E-state index in [9.17, 15) is 4.79 Å². The van der Waals surface area contributed by atoms with Crippen LogP contribution in [-0.4, -0.2) is 23.4 Å². The van der Waals surface area contributed by atoms with E-state index in [1.165, 1.54) is 11.3 Å². The molecule has 0 aliphatic heterocycles. The Morgan fingerprint density at radius 2 is 2.32 bits per heavy atom. The molecule has 2 N–H and O–H groups in total. The molecule has 19 heavy (non-hydrogen) atoms. The van der Waals surface area contributed by atoms with Gasteiger partial charge in [-0.15, -0.1) is 11.3 Å². The summed E-state index contributed by atoms with van der Waals surface area (Å²) in [4.78, 5) is 15.4. The number of rotatable bonds is 5. The Bertz CT molecular complexity index is 435. The van der Waals surface area contributed by atoms with Gasteiger partial charge in [0.15, 0.2) is 0 Å². The summed E-state index contributed by atoms with van der Waals surface area (Å²) in [7, 11) is 0. The van der Waals surface area contributed by atoms with Crippen LogP contribution in [0.25, 0.3) is 0 Å². The third-order valence-corrected chi connectivity index (χ3v) is 5.08. The van der Waals surface area contributed by atoms with E-state index in [4.69, 9.17) is 17.3 Å². The van der Waals surface area contributed by atoms with Crippen molar-refractivity contribution in [2.24, 2.45) is 11.7 Å². The van der Waals surface area contributed by atoms with Gasteiger partial charge in [0.2, 0.25) is 5.91 Å². The summed E-state index contributed by atoms with van der Waals surface area (Å²) >= 11 is 7.46. The zero-order valence-corrected chi connectivity index (χ0v) is 12.8. The molecule has 1 amide bonds. The number of nitrogens with two attached hydrogens (primary N) is 1. The van der Waals surface area contributed by atoms with Crippen molar-refractivity contribution in [1.29, 1.82) is 0 Å². The van der Waals surface area contributed by atoms with E-state index in [0.717, 1.165) is 35.0 Å². The largest absolute Gasteiger partial charge is 0.338 e. The van der Waals surface area contributed by atoms with Gasteiger partial charge >= 0.3 is 0 Å². The van der Waals surface area contributed by atoms with Crippen LogP contribution >= 0.6 is 22.9 Å². The van der Waals surface area contributed by atoms with Crippen LogP contribution in [0, 0.1) is 5.92 Å². The number of carbonyl (C=O) groups is 1. The Morgan fingerprint density at radius 3 is 2.84 bits per heavy atom. The Kier molecular flexibility index (Phi) is 5.25. The molecular formula is C14H21ClN2OS. The van der Waals surface area contributed by atoms with Gasteiger partial charge in [-0.05, 0) is 37.8 Å². The van der Waals surface area contributed by atoms with E-state index < -0.39 is 0 Å². The Hall–Kier alpha value is -0.580. The molecule has 106 valence electrons. The first kappa shape index (κ1) is 14.8. The van der Waals surface area contributed by atoms with Crippen LogP contribution in [0.4, 0.5) is 0 Å². The second-order valence-corrected chi connectivity index (χ2v) is 6.97. The molecular weight excluding hydrogens is 280 g/mol. The number of nitrogens with zero attached hydrogens (tertiary/aromatic N) is 1. The van der Waals surface area contributed by atoms with Gasteiger partial charge < -0.3 is 10.6 Å². The average Bonchev–Trinajstić information content (AvgIpc) is 2.96. The Morgan fingerprint density at radius 1 is 1.53 bits per heavy atom. The van der Waals surface area contributed by atoms with Gasteiger partial charge in [0, 0.05) is 23.9 Å². The van der Waals surface area contributed by atoms with Gasteiger partial charge in [-0.2, -0.15) is 0 Å². The number of hydrogen-bond donors (Lipinski definition) is 1. The summed E-state index contributed by atoms with van der Waals surface area (Å²) in [6.45, 7) is 3.41. The lowest BCUT2D eigenvalue weighted by Crippen LogP contribution is -2.34. The van der Waals surface area contributed by atoms with Crippen molar-refractivity contribution in [3.63, 3.8) is 0 Å². The smallest absolute Gasteiger partial charge is 0.223 e. The van der Waals surface area contributed by atoms with Crippen LogP contribution < -0.4 is 5.73 Å². The van der Waals surface area contributed by atoms with Gasteiger partial charge in [0.1, 0.15) is 0 Å². The maximum absolute atomic E-state index is 12.3. The van der Waals surface area contributed by atoms with Crippen molar-refractivity contribution in [3.05, 3.63) is 21.3 Å². The lowest BCUT2D eigenvalue weighted by Gasteiger charge is -2.23. The van der Waals surface area contributed by atoms with Crippen LogP contribution in [0.3, 0.4) is 0 Å². The van der Waals surface area contributed by atoms with Crippen LogP contribution in [0.2, 0.25) is 4.34 Å². The number of halogens is 1. The molecule has 1 aliphatic carbocycles. The summed E-state index contributed by atoms with van der Waals surface area (Å²) < 4.78 is 0.774. The molecule has 0 saturated heterocycles. The molecule has 0 radical (unpaired) electrons. The van der Waals surface area contributed by atoms with Crippen molar-refractivity contribution < 1.29 is 4.79 Å². The molecule has 0 bridgehead atoms. The second-order valence-electron chi connectivity index (χ2n) is 5.17. The lowest BCUT2D eigenvalue weighted by atomic mass is 9.99. The van der Waals surface area contributed by atoms with Crippen molar-refractivity contribution in [2.75, 3.05) is 6.54 Å². The minimum atomic E-state index is 0.207. The summed E-state index contributed by atoms with van der Waals surface area (Å²) in [5.41, 5.74) is 6.04. The molecule has 1 aromatic rings. The fourth-order valence-corrected chi connectivity index (χ4v) is 3.78. The average molecular weight is 301 g/mol. The molecule has 1 fully saturated rings. The third kappa shape index (κ3) is 3.94. The summed E-state index contributed by atoms with van der Waals surface area (Å²) in [6, 6.07) is 4.08. The quantitative estimate of drug-likeness (QED) is 0.907. The number of carbonyl (C=O) groups excluding carboxylic acids is 1. The zero-order chi connectivity index (χ0) is 13.8. The first-order chi connectivity index (χ1) is 9.10. The molecule has 1 saturated carbocycles. The predicted molar refractivity (Wildman–Crippen MR) is 80.4 cm³/mol. The van der Waals surface area contributed by atoms with Crippen LogP contribution in [0.1, 0.15) is 37.5 Å². The molecule has 2 atom stereocenters. The number of amides is 1. The summed E-state index contributed by atoms with van der Waals surface area (Å²) in [5, 5.41) is 0. The highest BCUT2D eigenvalue weighted by atomic mass is 35.5. The Labute approximate surface area is 123 Å². The molecule has 3 nitrogen and oxygen atoms in total.